The number of halogens is 1. The van der Waals surface area contributed by atoms with E-state index in [1.54, 1.807) is 12.1 Å². The fourth-order valence-corrected chi connectivity index (χ4v) is 2.76. The summed E-state index contributed by atoms with van der Waals surface area (Å²) in [5.41, 5.74) is 0.901. The van der Waals surface area contributed by atoms with Crippen LogP contribution < -0.4 is 5.32 Å². The molecule has 0 unspecified atom stereocenters. The zero-order valence-electron chi connectivity index (χ0n) is 11.5. The predicted octanol–water partition coefficient (Wildman–Crippen LogP) is 4.10. The number of rotatable bonds is 6. The molecule has 1 fully saturated rings. The monoisotopic (exact) mass is 249 g/mol. The van der Waals surface area contributed by atoms with Crippen molar-refractivity contribution in [3.63, 3.8) is 0 Å². The maximum atomic E-state index is 13.6. The Kier molecular flexibility index (Phi) is 4.76. The maximum Gasteiger partial charge on any atom is 0.126 e. The van der Waals surface area contributed by atoms with Gasteiger partial charge in [-0.05, 0) is 42.9 Å². The van der Waals surface area contributed by atoms with Gasteiger partial charge in [0.05, 0.1) is 0 Å². The molecule has 100 valence electrons. The number of hydrogen-bond acceptors (Lipinski definition) is 1. The van der Waals surface area contributed by atoms with Gasteiger partial charge in [-0.2, -0.15) is 0 Å². The van der Waals surface area contributed by atoms with E-state index in [1.807, 2.05) is 12.1 Å². The smallest absolute Gasteiger partial charge is 0.126 e. The topological polar surface area (TPSA) is 12.0 Å². The molecule has 1 saturated carbocycles. The van der Waals surface area contributed by atoms with Crippen molar-refractivity contribution in [2.24, 2.45) is 5.92 Å². The van der Waals surface area contributed by atoms with Crippen molar-refractivity contribution in [1.29, 1.82) is 0 Å². The lowest BCUT2D eigenvalue weighted by atomic mass is 9.75. The van der Waals surface area contributed by atoms with Gasteiger partial charge < -0.3 is 5.32 Å². The van der Waals surface area contributed by atoms with E-state index < -0.39 is 0 Å². The van der Waals surface area contributed by atoms with Crippen molar-refractivity contribution in [1.82, 2.24) is 5.32 Å². The van der Waals surface area contributed by atoms with E-state index >= 15 is 0 Å². The van der Waals surface area contributed by atoms with Crippen LogP contribution in [0.25, 0.3) is 0 Å². The Hall–Kier alpha value is -0.890. The molecule has 0 saturated heterocycles. The summed E-state index contributed by atoms with van der Waals surface area (Å²) in [7, 11) is 0. The molecule has 1 N–H and O–H groups in total. The molecule has 2 rings (SSSR count). The van der Waals surface area contributed by atoms with Gasteiger partial charge in [0.25, 0.3) is 0 Å². The summed E-state index contributed by atoms with van der Waals surface area (Å²) in [5.74, 6) is 1.17. The summed E-state index contributed by atoms with van der Waals surface area (Å²) in [6.45, 7) is 5.61. The molecule has 1 aromatic rings. The van der Waals surface area contributed by atoms with Crippen LogP contribution in [0.4, 0.5) is 4.39 Å². The predicted molar refractivity (Wildman–Crippen MR) is 74.2 cm³/mol. The van der Waals surface area contributed by atoms with Gasteiger partial charge in [-0.1, -0.05) is 44.9 Å². The Labute approximate surface area is 110 Å². The first-order valence-electron chi connectivity index (χ1n) is 7.22. The second kappa shape index (κ2) is 6.33. The number of nitrogens with one attached hydrogen (secondary N) is 1. The van der Waals surface area contributed by atoms with Gasteiger partial charge in [0.2, 0.25) is 0 Å². The summed E-state index contributed by atoms with van der Waals surface area (Å²) < 4.78 is 13.6. The average Bonchev–Trinajstić information content (AvgIpc) is 2.34. The molecule has 0 amide bonds. The lowest BCUT2D eigenvalue weighted by Crippen LogP contribution is -2.42. The lowest BCUT2D eigenvalue weighted by molar-refractivity contribution is 0.268. The van der Waals surface area contributed by atoms with Crippen LogP contribution in [0, 0.1) is 11.7 Å². The van der Waals surface area contributed by atoms with Crippen LogP contribution in [-0.4, -0.2) is 12.6 Å². The van der Waals surface area contributed by atoms with Crippen LogP contribution in [0.2, 0.25) is 0 Å². The molecule has 1 aliphatic rings. The first-order chi connectivity index (χ1) is 8.74. The second-order valence-electron chi connectivity index (χ2n) is 5.48. The highest BCUT2D eigenvalue weighted by molar-refractivity contribution is 5.24. The third kappa shape index (κ3) is 3.11. The first-order valence-corrected chi connectivity index (χ1v) is 7.22. The minimum atomic E-state index is -0.0408. The zero-order chi connectivity index (χ0) is 13.0. The molecule has 0 atom stereocenters. The molecular weight excluding hydrogens is 225 g/mol. The average molecular weight is 249 g/mol. The minimum absolute atomic E-state index is 0.0408. The maximum absolute atomic E-state index is 13.6. The molecule has 18 heavy (non-hydrogen) atoms. The van der Waals surface area contributed by atoms with E-state index in [0.717, 1.165) is 30.9 Å². The Bertz CT molecular complexity index is 367. The van der Waals surface area contributed by atoms with Gasteiger partial charge >= 0.3 is 0 Å². The van der Waals surface area contributed by atoms with Gasteiger partial charge in [-0.15, -0.1) is 0 Å². The van der Waals surface area contributed by atoms with E-state index in [9.17, 15) is 4.39 Å². The summed E-state index contributed by atoms with van der Waals surface area (Å²) >= 11 is 0. The molecule has 1 aromatic carbocycles. The minimum Gasteiger partial charge on any atom is -0.314 e. The van der Waals surface area contributed by atoms with Gasteiger partial charge in [0.15, 0.2) is 0 Å². The van der Waals surface area contributed by atoms with Gasteiger partial charge in [-0.3, -0.25) is 0 Å². The highest BCUT2D eigenvalue weighted by atomic mass is 19.1. The molecule has 1 nitrogen and oxygen atoms in total. The van der Waals surface area contributed by atoms with Crippen molar-refractivity contribution >= 4 is 0 Å². The zero-order valence-corrected chi connectivity index (χ0v) is 11.5. The van der Waals surface area contributed by atoms with Crippen LogP contribution in [-0.2, 0) is 0 Å². The normalized spacial score (nSPS) is 23.1. The van der Waals surface area contributed by atoms with Crippen LogP contribution in [0.1, 0.15) is 51.0 Å². The van der Waals surface area contributed by atoms with Crippen LogP contribution in [0.15, 0.2) is 24.3 Å². The van der Waals surface area contributed by atoms with Crippen LogP contribution in [0.3, 0.4) is 0 Å². The standard InChI is InChI=1S/C16H24FN/c1-3-12(4-2)11-18-14-9-13(10-14)15-7-5-6-8-16(15)17/h5-8,12-14,18H,3-4,9-11H2,1-2H3. The molecule has 0 bridgehead atoms. The fraction of sp³-hybridized carbons (Fsp3) is 0.625. The van der Waals surface area contributed by atoms with Crippen molar-refractivity contribution in [3.8, 4) is 0 Å². The Morgan fingerprint density at radius 1 is 1.22 bits per heavy atom. The van der Waals surface area contributed by atoms with Crippen LogP contribution in [0.5, 0.6) is 0 Å². The molecule has 0 aromatic heterocycles. The highest BCUT2D eigenvalue weighted by Gasteiger charge is 2.31. The largest absolute Gasteiger partial charge is 0.314 e. The number of benzene rings is 1. The SMILES string of the molecule is CCC(CC)CNC1CC(c2ccccc2F)C1. The second-order valence-corrected chi connectivity index (χ2v) is 5.48. The molecule has 1 aliphatic carbocycles. The first kappa shape index (κ1) is 13.5. The van der Waals surface area contributed by atoms with E-state index in [0.29, 0.717) is 12.0 Å². The Morgan fingerprint density at radius 2 is 1.89 bits per heavy atom. The Balaban J connectivity index is 1.76. The van der Waals surface area contributed by atoms with Crippen molar-refractivity contribution in [2.45, 2.75) is 51.5 Å². The molecule has 0 radical (unpaired) electrons. The fourth-order valence-electron chi connectivity index (χ4n) is 2.76. The van der Waals surface area contributed by atoms with Crippen molar-refractivity contribution in [2.75, 3.05) is 6.54 Å². The van der Waals surface area contributed by atoms with Gasteiger partial charge in [0.1, 0.15) is 5.82 Å². The molecule has 0 heterocycles. The molecule has 2 heteroatoms. The Morgan fingerprint density at radius 3 is 2.50 bits per heavy atom. The third-order valence-electron chi connectivity index (χ3n) is 4.33. The highest BCUT2D eigenvalue weighted by Crippen LogP contribution is 2.38. The molecular formula is C16H24FN. The third-order valence-corrected chi connectivity index (χ3v) is 4.33. The van der Waals surface area contributed by atoms with Gasteiger partial charge in [-0.25, -0.2) is 4.39 Å². The van der Waals surface area contributed by atoms with E-state index in [2.05, 4.69) is 19.2 Å². The van der Waals surface area contributed by atoms with Crippen molar-refractivity contribution in [3.05, 3.63) is 35.6 Å². The van der Waals surface area contributed by atoms with Crippen LogP contribution >= 0.6 is 0 Å². The van der Waals surface area contributed by atoms with E-state index in [-0.39, 0.29) is 5.82 Å². The van der Waals surface area contributed by atoms with E-state index in [4.69, 9.17) is 0 Å². The summed E-state index contributed by atoms with van der Waals surface area (Å²) in [4.78, 5) is 0. The van der Waals surface area contributed by atoms with Crippen molar-refractivity contribution < 1.29 is 4.39 Å². The summed E-state index contributed by atoms with van der Waals surface area (Å²) in [6.07, 6.45) is 4.65. The lowest BCUT2D eigenvalue weighted by Gasteiger charge is -2.37. The van der Waals surface area contributed by atoms with E-state index in [1.165, 1.54) is 12.8 Å². The van der Waals surface area contributed by atoms with Gasteiger partial charge in [0, 0.05) is 6.04 Å². The molecule has 0 aliphatic heterocycles. The summed E-state index contributed by atoms with van der Waals surface area (Å²) in [6, 6.07) is 7.79. The quantitative estimate of drug-likeness (QED) is 0.800. The number of hydrogen-bond donors (Lipinski definition) is 1. The summed E-state index contributed by atoms with van der Waals surface area (Å²) in [5, 5.41) is 3.62. The molecule has 0 spiro atoms.